The van der Waals surface area contributed by atoms with E-state index in [9.17, 15) is 5.11 Å². The van der Waals surface area contributed by atoms with Crippen molar-refractivity contribution in [3.05, 3.63) is 12.7 Å². The molecule has 0 aromatic carbocycles. The molecule has 1 rings (SSSR count). The van der Waals surface area contributed by atoms with Gasteiger partial charge in [0.05, 0.1) is 12.2 Å². The van der Waals surface area contributed by atoms with E-state index in [4.69, 9.17) is 4.74 Å². The van der Waals surface area contributed by atoms with Crippen molar-refractivity contribution < 1.29 is 9.84 Å². The molecule has 0 aromatic heterocycles. The monoisotopic (exact) mass is 156 g/mol. The van der Waals surface area contributed by atoms with Crippen LogP contribution in [0.1, 0.15) is 25.7 Å². The normalized spacial score (nSPS) is 27.9. The van der Waals surface area contributed by atoms with Gasteiger partial charge in [-0.3, -0.25) is 0 Å². The summed E-state index contributed by atoms with van der Waals surface area (Å²) in [6.45, 7) is 4.38. The second kappa shape index (κ2) is 4.52. The van der Waals surface area contributed by atoms with Gasteiger partial charge in [0.25, 0.3) is 0 Å². The molecule has 0 bridgehead atoms. The molecule has 0 amide bonds. The summed E-state index contributed by atoms with van der Waals surface area (Å²) in [5.74, 6) is 0. The zero-order valence-electron chi connectivity index (χ0n) is 6.83. The Morgan fingerprint density at radius 2 is 2.45 bits per heavy atom. The maximum absolute atomic E-state index is 9.48. The van der Waals surface area contributed by atoms with Gasteiger partial charge in [0, 0.05) is 6.61 Å². The van der Waals surface area contributed by atoms with Gasteiger partial charge < -0.3 is 9.84 Å². The summed E-state index contributed by atoms with van der Waals surface area (Å²) in [6, 6.07) is 0. The summed E-state index contributed by atoms with van der Waals surface area (Å²) in [6.07, 6.45) is 5.41. The van der Waals surface area contributed by atoms with Crippen LogP contribution in [0.15, 0.2) is 12.7 Å². The Labute approximate surface area is 67.9 Å². The first-order valence-electron chi connectivity index (χ1n) is 4.25. The van der Waals surface area contributed by atoms with Crippen LogP contribution in [0.2, 0.25) is 0 Å². The van der Waals surface area contributed by atoms with E-state index >= 15 is 0 Å². The lowest BCUT2D eigenvalue weighted by Crippen LogP contribution is -2.31. The Kier molecular flexibility index (Phi) is 3.60. The molecule has 64 valence electrons. The smallest absolute Gasteiger partial charge is 0.0837 e. The third kappa shape index (κ3) is 2.64. The molecule has 2 atom stereocenters. The van der Waals surface area contributed by atoms with Crippen molar-refractivity contribution in [2.75, 3.05) is 6.61 Å². The topological polar surface area (TPSA) is 29.5 Å². The Morgan fingerprint density at radius 1 is 1.64 bits per heavy atom. The number of ether oxygens (including phenoxy) is 1. The molecule has 1 fully saturated rings. The van der Waals surface area contributed by atoms with Crippen LogP contribution in [0.5, 0.6) is 0 Å². The van der Waals surface area contributed by atoms with Gasteiger partial charge in [0.1, 0.15) is 0 Å². The summed E-state index contributed by atoms with van der Waals surface area (Å²) in [5.41, 5.74) is 0. The average molecular weight is 156 g/mol. The molecule has 0 aliphatic carbocycles. The Bertz CT molecular complexity index is 117. The van der Waals surface area contributed by atoms with Gasteiger partial charge in [-0.05, 0) is 25.7 Å². The highest BCUT2D eigenvalue weighted by molar-refractivity contribution is 4.79. The van der Waals surface area contributed by atoms with Crippen LogP contribution in [-0.2, 0) is 4.74 Å². The highest BCUT2D eigenvalue weighted by Crippen LogP contribution is 2.17. The van der Waals surface area contributed by atoms with E-state index < -0.39 is 0 Å². The van der Waals surface area contributed by atoms with Crippen LogP contribution >= 0.6 is 0 Å². The average Bonchev–Trinajstić information content (AvgIpc) is 2.07. The van der Waals surface area contributed by atoms with Gasteiger partial charge in [0.15, 0.2) is 0 Å². The molecule has 11 heavy (non-hydrogen) atoms. The molecule has 0 spiro atoms. The Hall–Kier alpha value is -0.340. The number of hydrogen-bond acceptors (Lipinski definition) is 2. The maximum atomic E-state index is 9.48. The van der Waals surface area contributed by atoms with E-state index in [0.29, 0.717) is 6.42 Å². The van der Waals surface area contributed by atoms with Crippen molar-refractivity contribution in [1.29, 1.82) is 0 Å². The molecule has 1 aliphatic heterocycles. The largest absolute Gasteiger partial charge is 0.390 e. The van der Waals surface area contributed by atoms with E-state index in [1.165, 1.54) is 6.42 Å². The van der Waals surface area contributed by atoms with Gasteiger partial charge in [-0.25, -0.2) is 0 Å². The number of hydrogen-bond donors (Lipinski definition) is 1. The van der Waals surface area contributed by atoms with Crippen molar-refractivity contribution in [1.82, 2.24) is 0 Å². The number of rotatable bonds is 3. The molecule has 0 unspecified atom stereocenters. The van der Waals surface area contributed by atoms with Crippen molar-refractivity contribution >= 4 is 0 Å². The summed E-state index contributed by atoms with van der Waals surface area (Å²) in [5, 5.41) is 9.48. The summed E-state index contributed by atoms with van der Waals surface area (Å²) >= 11 is 0. The Morgan fingerprint density at radius 3 is 3.00 bits per heavy atom. The zero-order chi connectivity index (χ0) is 8.10. The molecule has 0 aromatic rings. The van der Waals surface area contributed by atoms with Crippen molar-refractivity contribution in [3.8, 4) is 0 Å². The van der Waals surface area contributed by atoms with E-state index in [2.05, 4.69) is 6.58 Å². The fourth-order valence-electron chi connectivity index (χ4n) is 1.39. The lowest BCUT2D eigenvalue weighted by atomic mass is 10.0. The fourth-order valence-corrected chi connectivity index (χ4v) is 1.39. The quantitative estimate of drug-likeness (QED) is 0.627. The van der Waals surface area contributed by atoms with Crippen LogP contribution < -0.4 is 0 Å². The van der Waals surface area contributed by atoms with Crippen LogP contribution in [0.3, 0.4) is 0 Å². The van der Waals surface area contributed by atoms with Crippen molar-refractivity contribution in [2.45, 2.75) is 37.9 Å². The van der Waals surface area contributed by atoms with Gasteiger partial charge in [0.2, 0.25) is 0 Å². The molecule has 0 radical (unpaired) electrons. The number of aliphatic hydroxyl groups excluding tert-OH is 1. The third-order valence-electron chi connectivity index (χ3n) is 2.05. The van der Waals surface area contributed by atoms with E-state index in [0.717, 1.165) is 19.4 Å². The highest BCUT2D eigenvalue weighted by atomic mass is 16.5. The van der Waals surface area contributed by atoms with Gasteiger partial charge in [-0.2, -0.15) is 0 Å². The first-order valence-corrected chi connectivity index (χ1v) is 4.25. The van der Waals surface area contributed by atoms with E-state index in [1.807, 2.05) is 0 Å². The second-order valence-corrected chi connectivity index (χ2v) is 3.00. The van der Waals surface area contributed by atoms with Gasteiger partial charge in [-0.1, -0.05) is 6.08 Å². The van der Waals surface area contributed by atoms with Crippen molar-refractivity contribution in [3.63, 3.8) is 0 Å². The second-order valence-electron chi connectivity index (χ2n) is 3.00. The summed E-state index contributed by atoms with van der Waals surface area (Å²) in [4.78, 5) is 0. The minimum Gasteiger partial charge on any atom is -0.390 e. The molecule has 2 heteroatoms. The third-order valence-corrected chi connectivity index (χ3v) is 2.05. The predicted octanol–water partition coefficient (Wildman–Crippen LogP) is 1.49. The standard InChI is InChI=1S/C9H16O2/c1-2-5-8(10)9-6-3-4-7-11-9/h2,8-10H,1,3-7H2/t8-,9-/m0/s1. The molecule has 1 N–H and O–H groups in total. The summed E-state index contributed by atoms with van der Waals surface area (Å²) in [7, 11) is 0. The first kappa shape index (κ1) is 8.75. The highest BCUT2D eigenvalue weighted by Gasteiger charge is 2.20. The minimum atomic E-state index is -0.340. The van der Waals surface area contributed by atoms with Gasteiger partial charge in [-0.15, -0.1) is 6.58 Å². The van der Waals surface area contributed by atoms with Crippen LogP contribution in [-0.4, -0.2) is 23.9 Å². The molecule has 1 saturated heterocycles. The van der Waals surface area contributed by atoms with Crippen molar-refractivity contribution in [2.24, 2.45) is 0 Å². The SMILES string of the molecule is C=CC[C@H](O)[C@@H]1CCCCO1. The zero-order valence-corrected chi connectivity index (χ0v) is 6.83. The molecular formula is C9H16O2. The summed E-state index contributed by atoms with van der Waals surface area (Å²) < 4.78 is 5.39. The first-order chi connectivity index (χ1) is 5.34. The molecule has 1 aliphatic rings. The molecule has 0 saturated carbocycles. The minimum absolute atomic E-state index is 0.0572. The molecule has 2 nitrogen and oxygen atoms in total. The predicted molar refractivity (Wildman–Crippen MR) is 44.4 cm³/mol. The molecular weight excluding hydrogens is 140 g/mol. The number of aliphatic hydroxyl groups is 1. The van der Waals surface area contributed by atoms with Gasteiger partial charge >= 0.3 is 0 Å². The molecule has 1 heterocycles. The van der Waals surface area contributed by atoms with E-state index in [-0.39, 0.29) is 12.2 Å². The maximum Gasteiger partial charge on any atom is 0.0837 e. The fraction of sp³-hybridized carbons (Fsp3) is 0.778. The lowest BCUT2D eigenvalue weighted by molar-refractivity contribution is -0.0601. The lowest BCUT2D eigenvalue weighted by Gasteiger charge is -2.26. The Balaban J connectivity index is 2.26. The van der Waals surface area contributed by atoms with Crippen LogP contribution in [0.25, 0.3) is 0 Å². The van der Waals surface area contributed by atoms with Crippen LogP contribution in [0, 0.1) is 0 Å². The van der Waals surface area contributed by atoms with Crippen LogP contribution in [0.4, 0.5) is 0 Å². The van der Waals surface area contributed by atoms with E-state index in [1.54, 1.807) is 6.08 Å².